The van der Waals surface area contributed by atoms with E-state index in [1.165, 1.54) is 5.56 Å². The number of para-hydroxylation sites is 1. The first-order valence-corrected chi connectivity index (χ1v) is 7.83. The Labute approximate surface area is 127 Å². The molecular weight excluding hydrogens is 264 g/mol. The zero-order chi connectivity index (χ0) is 15.2. The van der Waals surface area contributed by atoms with Crippen molar-refractivity contribution in [1.29, 1.82) is 0 Å². The Kier molecular flexibility index (Phi) is 5.62. The van der Waals surface area contributed by atoms with Crippen molar-refractivity contribution < 1.29 is 9.53 Å². The maximum Gasteiger partial charge on any atom is 0.236 e. The van der Waals surface area contributed by atoms with Crippen LogP contribution in [0.4, 0.5) is 0 Å². The number of ether oxygens (including phenoxy) is 1. The van der Waals surface area contributed by atoms with E-state index in [9.17, 15) is 4.79 Å². The zero-order valence-corrected chi connectivity index (χ0v) is 13.3. The van der Waals surface area contributed by atoms with Gasteiger partial charge in [0.25, 0.3) is 0 Å². The lowest BCUT2D eigenvalue weighted by molar-refractivity contribution is -0.130. The number of rotatable bonds is 7. The second-order valence-corrected chi connectivity index (χ2v) is 5.55. The van der Waals surface area contributed by atoms with Crippen molar-refractivity contribution in [3.05, 3.63) is 29.8 Å². The van der Waals surface area contributed by atoms with E-state index in [0.29, 0.717) is 18.5 Å². The van der Waals surface area contributed by atoms with Crippen LogP contribution in [0.15, 0.2) is 24.3 Å². The molecule has 0 saturated heterocycles. The van der Waals surface area contributed by atoms with Gasteiger partial charge in [0.2, 0.25) is 5.91 Å². The summed E-state index contributed by atoms with van der Waals surface area (Å²) in [5.41, 5.74) is 1.29. The molecule has 0 bridgehead atoms. The van der Waals surface area contributed by atoms with E-state index in [0.717, 1.165) is 31.7 Å². The summed E-state index contributed by atoms with van der Waals surface area (Å²) in [6, 6.07) is 8.65. The quantitative estimate of drug-likeness (QED) is 0.838. The van der Waals surface area contributed by atoms with Crippen molar-refractivity contribution in [2.24, 2.45) is 0 Å². The van der Waals surface area contributed by atoms with Gasteiger partial charge in [-0.2, -0.15) is 0 Å². The van der Waals surface area contributed by atoms with Crippen LogP contribution < -0.4 is 10.1 Å². The summed E-state index contributed by atoms with van der Waals surface area (Å²) in [6.45, 7) is 6.05. The highest BCUT2D eigenvalue weighted by Crippen LogP contribution is 2.40. The molecular formula is C17H26N2O2. The van der Waals surface area contributed by atoms with Crippen LogP contribution in [0.25, 0.3) is 0 Å². The molecule has 1 fully saturated rings. The fourth-order valence-electron chi connectivity index (χ4n) is 2.96. The first-order valence-electron chi connectivity index (χ1n) is 7.83. The molecule has 4 heteroatoms. The number of nitrogens with one attached hydrogen (secondary N) is 1. The van der Waals surface area contributed by atoms with Crippen LogP contribution in [0.1, 0.15) is 38.2 Å². The van der Waals surface area contributed by atoms with Crippen molar-refractivity contribution in [3.63, 3.8) is 0 Å². The summed E-state index contributed by atoms with van der Waals surface area (Å²) in [5.74, 6) is 1.71. The minimum Gasteiger partial charge on any atom is -0.496 e. The molecule has 1 N–H and O–H groups in total. The molecule has 0 unspecified atom stereocenters. The lowest BCUT2D eigenvalue weighted by Crippen LogP contribution is -2.46. The number of hydrogen-bond donors (Lipinski definition) is 1. The monoisotopic (exact) mass is 290 g/mol. The van der Waals surface area contributed by atoms with Crippen LogP contribution in [0.5, 0.6) is 5.75 Å². The molecule has 1 aliphatic rings. The molecule has 1 aliphatic carbocycles. The molecule has 2 rings (SSSR count). The summed E-state index contributed by atoms with van der Waals surface area (Å²) in [4.78, 5) is 13.8. The summed E-state index contributed by atoms with van der Waals surface area (Å²) in [7, 11) is 1.72. The van der Waals surface area contributed by atoms with Crippen LogP contribution >= 0.6 is 0 Å². The van der Waals surface area contributed by atoms with Gasteiger partial charge in [-0.1, -0.05) is 18.2 Å². The van der Waals surface area contributed by atoms with Gasteiger partial charge in [-0.05, 0) is 44.2 Å². The number of nitrogens with zero attached hydrogens (tertiary/aromatic N) is 1. The summed E-state index contributed by atoms with van der Waals surface area (Å²) < 4.78 is 5.41. The van der Waals surface area contributed by atoms with Gasteiger partial charge in [0.1, 0.15) is 5.75 Å². The predicted octanol–water partition coefficient (Wildman–Crippen LogP) is 2.40. The minimum absolute atomic E-state index is 0.195. The number of benzene rings is 1. The topological polar surface area (TPSA) is 41.6 Å². The maximum atomic E-state index is 11.9. The molecule has 1 aromatic carbocycles. The van der Waals surface area contributed by atoms with E-state index >= 15 is 0 Å². The fraction of sp³-hybridized carbons (Fsp3) is 0.588. The van der Waals surface area contributed by atoms with E-state index in [2.05, 4.69) is 17.4 Å². The van der Waals surface area contributed by atoms with Gasteiger partial charge >= 0.3 is 0 Å². The van der Waals surface area contributed by atoms with Gasteiger partial charge in [-0.3, -0.25) is 4.79 Å². The molecule has 1 aromatic rings. The van der Waals surface area contributed by atoms with Crippen molar-refractivity contribution in [1.82, 2.24) is 10.2 Å². The number of amides is 1. The maximum absolute atomic E-state index is 11.9. The van der Waals surface area contributed by atoms with E-state index in [-0.39, 0.29) is 5.91 Å². The highest BCUT2D eigenvalue weighted by atomic mass is 16.5. The Morgan fingerprint density at radius 2 is 1.95 bits per heavy atom. The number of carbonyl (C=O) groups excluding carboxylic acids is 1. The normalized spacial score (nSPS) is 20.7. The van der Waals surface area contributed by atoms with Crippen molar-refractivity contribution in [2.45, 2.75) is 38.6 Å². The van der Waals surface area contributed by atoms with Gasteiger partial charge in [0.05, 0.1) is 13.7 Å². The third kappa shape index (κ3) is 3.76. The van der Waals surface area contributed by atoms with Gasteiger partial charge in [0, 0.05) is 19.1 Å². The summed E-state index contributed by atoms with van der Waals surface area (Å²) in [6.07, 6.45) is 2.15. The number of methoxy groups -OCH3 is 1. The lowest BCUT2D eigenvalue weighted by atomic mass is 9.75. The Morgan fingerprint density at radius 3 is 2.57 bits per heavy atom. The van der Waals surface area contributed by atoms with E-state index < -0.39 is 0 Å². The van der Waals surface area contributed by atoms with Crippen LogP contribution in [-0.4, -0.2) is 43.6 Å². The molecule has 0 aliphatic heterocycles. The lowest BCUT2D eigenvalue weighted by Gasteiger charge is -2.37. The smallest absolute Gasteiger partial charge is 0.236 e. The van der Waals surface area contributed by atoms with Gasteiger partial charge in [-0.15, -0.1) is 0 Å². The Morgan fingerprint density at radius 1 is 1.29 bits per heavy atom. The SMILES string of the molecule is CCN(CC)C(=O)CNC1CC(c2ccccc2OC)C1. The Hall–Kier alpha value is -1.55. The molecule has 1 amide bonds. The van der Waals surface area contributed by atoms with Crippen molar-refractivity contribution in [3.8, 4) is 5.75 Å². The average Bonchev–Trinajstić information content (AvgIpc) is 2.47. The summed E-state index contributed by atoms with van der Waals surface area (Å²) >= 11 is 0. The van der Waals surface area contributed by atoms with E-state index in [1.807, 2.05) is 30.9 Å². The molecule has 0 aromatic heterocycles. The second kappa shape index (κ2) is 7.46. The Balaban J connectivity index is 1.78. The molecule has 0 atom stereocenters. The molecule has 4 nitrogen and oxygen atoms in total. The standard InChI is InChI=1S/C17H26N2O2/c1-4-19(5-2)17(20)12-18-14-10-13(11-14)15-8-6-7-9-16(15)21-3/h6-9,13-14,18H,4-5,10-12H2,1-3H3. The molecule has 0 heterocycles. The largest absolute Gasteiger partial charge is 0.496 e. The predicted molar refractivity (Wildman–Crippen MR) is 84.7 cm³/mol. The van der Waals surface area contributed by atoms with Gasteiger partial charge in [0.15, 0.2) is 0 Å². The van der Waals surface area contributed by atoms with Gasteiger partial charge in [-0.25, -0.2) is 0 Å². The number of carbonyl (C=O) groups is 1. The third-order valence-electron chi connectivity index (χ3n) is 4.37. The first-order chi connectivity index (χ1) is 10.2. The van der Waals surface area contributed by atoms with Crippen molar-refractivity contribution >= 4 is 5.91 Å². The van der Waals surface area contributed by atoms with Crippen molar-refractivity contribution in [2.75, 3.05) is 26.7 Å². The molecule has 0 spiro atoms. The molecule has 1 saturated carbocycles. The van der Waals surface area contributed by atoms with Crippen LogP contribution in [-0.2, 0) is 4.79 Å². The Bertz CT molecular complexity index is 466. The summed E-state index contributed by atoms with van der Waals surface area (Å²) in [5, 5.41) is 3.37. The highest BCUT2D eigenvalue weighted by molar-refractivity contribution is 5.78. The molecule has 116 valence electrons. The highest BCUT2D eigenvalue weighted by Gasteiger charge is 2.32. The first kappa shape index (κ1) is 15.8. The fourth-order valence-corrected chi connectivity index (χ4v) is 2.96. The number of likely N-dealkylation sites (N-methyl/N-ethyl adjacent to an activating group) is 1. The third-order valence-corrected chi connectivity index (χ3v) is 4.37. The molecule has 21 heavy (non-hydrogen) atoms. The molecule has 0 radical (unpaired) electrons. The number of hydrogen-bond acceptors (Lipinski definition) is 3. The van der Waals surface area contributed by atoms with Crippen LogP contribution in [0.2, 0.25) is 0 Å². The van der Waals surface area contributed by atoms with E-state index in [4.69, 9.17) is 4.74 Å². The zero-order valence-electron chi connectivity index (χ0n) is 13.3. The van der Waals surface area contributed by atoms with Gasteiger partial charge < -0.3 is 15.0 Å². The average molecular weight is 290 g/mol. The van der Waals surface area contributed by atoms with Crippen LogP contribution in [0, 0.1) is 0 Å². The van der Waals surface area contributed by atoms with Crippen LogP contribution in [0.3, 0.4) is 0 Å². The minimum atomic E-state index is 0.195. The second-order valence-electron chi connectivity index (χ2n) is 5.55. The van der Waals surface area contributed by atoms with E-state index in [1.54, 1.807) is 7.11 Å².